The summed E-state index contributed by atoms with van der Waals surface area (Å²) in [6, 6.07) is 7.45. The van der Waals surface area contributed by atoms with E-state index in [4.69, 9.17) is 17.5 Å². The van der Waals surface area contributed by atoms with Gasteiger partial charge in [-0.05, 0) is 42.8 Å². The standard InChI is InChI=1S/C13H13N3O2S2/c14-6-9-1-2-11-12(5-9)16(13(19)15-11)7-10-3-4-20(17,18)8-10/h1-2,5,10H,3-4,7-8H2,(H,15,19). The van der Waals surface area contributed by atoms with E-state index in [9.17, 15) is 8.42 Å². The molecule has 2 heterocycles. The molecule has 0 bridgehead atoms. The van der Waals surface area contributed by atoms with Gasteiger partial charge in [-0.2, -0.15) is 5.26 Å². The first kappa shape index (κ1) is 13.3. The zero-order chi connectivity index (χ0) is 14.3. The van der Waals surface area contributed by atoms with Gasteiger partial charge in [0.25, 0.3) is 0 Å². The first-order valence-electron chi connectivity index (χ1n) is 6.31. The largest absolute Gasteiger partial charge is 0.331 e. The van der Waals surface area contributed by atoms with Crippen LogP contribution in [-0.2, 0) is 16.4 Å². The molecule has 1 atom stereocenters. The van der Waals surface area contributed by atoms with E-state index in [2.05, 4.69) is 11.1 Å². The molecular formula is C13H13N3O2S2. The van der Waals surface area contributed by atoms with Gasteiger partial charge in [-0.25, -0.2) is 8.42 Å². The lowest BCUT2D eigenvalue weighted by Gasteiger charge is -2.09. The summed E-state index contributed by atoms with van der Waals surface area (Å²) in [5, 5.41) is 8.97. The van der Waals surface area contributed by atoms with Gasteiger partial charge < -0.3 is 9.55 Å². The van der Waals surface area contributed by atoms with E-state index in [0.29, 0.717) is 23.3 Å². The minimum Gasteiger partial charge on any atom is -0.331 e. The number of nitriles is 1. The van der Waals surface area contributed by atoms with Gasteiger partial charge in [0.05, 0.1) is 34.2 Å². The van der Waals surface area contributed by atoms with Crippen LogP contribution in [0, 0.1) is 22.0 Å². The molecule has 7 heteroatoms. The Hall–Kier alpha value is -1.65. The van der Waals surface area contributed by atoms with E-state index in [-0.39, 0.29) is 17.4 Å². The van der Waals surface area contributed by atoms with Crippen LogP contribution in [0.15, 0.2) is 18.2 Å². The number of nitrogens with zero attached hydrogens (tertiary/aromatic N) is 2. The second-order valence-electron chi connectivity index (χ2n) is 5.15. The number of fused-ring (bicyclic) bond motifs is 1. The molecular weight excluding hydrogens is 294 g/mol. The smallest absolute Gasteiger partial charge is 0.178 e. The average molecular weight is 307 g/mol. The number of rotatable bonds is 2. The van der Waals surface area contributed by atoms with Crippen LogP contribution < -0.4 is 0 Å². The normalized spacial score (nSPS) is 21.1. The third-order valence-electron chi connectivity index (χ3n) is 3.67. The Labute approximate surface area is 121 Å². The van der Waals surface area contributed by atoms with Crippen molar-refractivity contribution in [2.45, 2.75) is 13.0 Å². The van der Waals surface area contributed by atoms with Crippen molar-refractivity contribution in [1.29, 1.82) is 5.26 Å². The predicted molar refractivity (Wildman–Crippen MR) is 78.6 cm³/mol. The zero-order valence-corrected chi connectivity index (χ0v) is 12.3. The van der Waals surface area contributed by atoms with Crippen LogP contribution >= 0.6 is 12.2 Å². The molecule has 1 aromatic heterocycles. The van der Waals surface area contributed by atoms with Crippen LogP contribution in [0.1, 0.15) is 12.0 Å². The predicted octanol–water partition coefficient (Wildman–Crippen LogP) is 2.01. The minimum absolute atomic E-state index is 0.0939. The maximum absolute atomic E-state index is 11.5. The maximum Gasteiger partial charge on any atom is 0.178 e. The summed E-state index contributed by atoms with van der Waals surface area (Å²) >= 11 is 5.30. The zero-order valence-electron chi connectivity index (χ0n) is 10.7. The summed E-state index contributed by atoms with van der Waals surface area (Å²) < 4.78 is 25.5. The molecule has 5 nitrogen and oxygen atoms in total. The molecule has 0 spiro atoms. The molecule has 1 fully saturated rings. The Morgan fingerprint density at radius 1 is 1.50 bits per heavy atom. The van der Waals surface area contributed by atoms with Crippen molar-refractivity contribution >= 4 is 33.1 Å². The highest BCUT2D eigenvalue weighted by Gasteiger charge is 2.28. The van der Waals surface area contributed by atoms with Crippen LogP contribution in [0.2, 0.25) is 0 Å². The molecule has 2 aromatic rings. The second-order valence-corrected chi connectivity index (χ2v) is 7.77. The highest BCUT2D eigenvalue weighted by molar-refractivity contribution is 7.91. The fourth-order valence-electron chi connectivity index (χ4n) is 2.68. The third-order valence-corrected chi connectivity index (χ3v) is 5.83. The topological polar surface area (TPSA) is 78.7 Å². The lowest BCUT2D eigenvalue weighted by Crippen LogP contribution is -2.12. The number of hydrogen-bond donors (Lipinski definition) is 1. The summed E-state index contributed by atoms with van der Waals surface area (Å²) in [5.74, 6) is 0.576. The van der Waals surface area contributed by atoms with Gasteiger partial charge in [-0.15, -0.1) is 0 Å². The summed E-state index contributed by atoms with van der Waals surface area (Å²) in [4.78, 5) is 3.09. The van der Waals surface area contributed by atoms with Gasteiger partial charge >= 0.3 is 0 Å². The number of H-pyrrole nitrogens is 1. The molecule has 3 rings (SSSR count). The van der Waals surface area contributed by atoms with Gasteiger partial charge in [-0.3, -0.25) is 0 Å². The summed E-state index contributed by atoms with van der Waals surface area (Å²) in [6.45, 7) is 0.576. The molecule has 1 N–H and O–H groups in total. The van der Waals surface area contributed by atoms with E-state index < -0.39 is 9.84 Å². The van der Waals surface area contributed by atoms with Gasteiger partial charge in [-0.1, -0.05) is 0 Å². The highest BCUT2D eigenvalue weighted by Crippen LogP contribution is 2.23. The quantitative estimate of drug-likeness (QED) is 0.861. The molecule has 1 aliphatic rings. The molecule has 0 amide bonds. The van der Waals surface area contributed by atoms with Crippen molar-refractivity contribution in [3.8, 4) is 6.07 Å². The van der Waals surface area contributed by atoms with Gasteiger partial charge in [0.15, 0.2) is 14.6 Å². The Bertz CT molecular complexity index is 871. The van der Waals surface area contributed by atoms with Gasteiger partial charge in [0.2, 0.25) is 0 Å². The number of hydrogen-bond acceptors (Lipinski definition) is 4. The van der Waals surface area contributed by atoms with Crippen LogP contribution in [0.25, 0.3) is 11.0 Å². The average Bonchev–Trinajstić information content (AvgIpc) is 2.90. The lowest BCUT2D eigenvalue weighted by molar-refractivity contribution is 0.495. The SMILES string of the molecule is N#Cc1ccc2[nH]c(=S)n(CC3CCS(=O)(=O)C3)c2c1. The van der Waals surface area contributed by atoms with Gasteiger partial charge in [0, 0.05) is 6.54 Å². The molecule has 1 unspecified atom stereocenters. The minimum atomic E-state index is -2.89. The highest BCUT2D eigenvalue weighted by atomic mass is 32.2. The number of imidazole rings is 1. The van der Waals surface area contributed by atoms with Crippen LogP contribution in [0.4, 0.5) is 0 Å². The monoisotopic (exact) mass is 307 g/mol. The Morgan fingerprint density at radius 2 is 2.30 bits per heavy atom. The number of nitrogens with one attached hydrogen (secondary N) is 1. The third kappa shape index (κ3) is 2.37. The number of aromatic nitrogens is 2. The molecule has 1 saturated heterocycles. The lowest BCUT2D eigenvalue weighted by atomic mass is 10.1. The van der Waals surface area contributed by atoms with Crippen LogP contribution in [0.5, 0.6) is 0 Å². The summed E-state index contributed by atoms with van der Waals surface area (Å²) in [5.41, 5.74) is 2.30. The molecule has 1 aromatic carbocycles. The van der Waals surface area contributed by atoms with Crippen LogP contribution in [0.3, 0.4) is 0 Å². The van der Waals surface area contributed by atoms with Crippen molar-refractivity contribution in [3.05, 3.63) is 28.5 Å². The van der Waals surface area contributed by atoms with Crippen molar-refractivity contribution in [3.63, 3.8) is 0 Å². The summed E-state index contributed by atoms with van der Waals surface area (Å²) in [7, 11) is -2.89. The van der Waals surface area contributed by atoms with Crippen molar-refractivity contribution in [2.24, 2.45) is 5.92 Å². The van der Waals surface area contributed by atoms with Crippen LogP contribution in [-0.4, -0.2) is 29.5 Å². The molecule has 0 radical (unpaired) electrons. The first-order valence-corrected chi connectivity index (χ1v) is 8.54. The van der Waals surface area contributed by atoms with E-state index in [1.165, 1.54) is 0 Å². The van der Waals surface area contributed by atoms with E-state index >= 15 is 0 Å². The molecule has 0 aliphatic carbocycles. The first-order chi connectivity index (χ1) is 9.48. The molecule has 0 saturated carbocycles. The fraction of sp³-hybridized carbons (Fsp3) is 0.385. The van der Waals surface area contributed by atoms with E-state index in [0.717, 1.165) is 11.0 Å². The van der Waals surface area contributed by atoms with Crippen molar-refractivity contribution in [2.75, 3.05) is 11.5 Å². The van der Waals surface area contributed by atoms with Crippen molar-refractivity contribution < 1.29 is 8.42 Å². The molecule has 1 aliphatic heterocycles. The Balaban J connectivity index is 2.01. The fourth-order valence-corrected chi connectivity index (χ4v) is 4.81. The van der Waals surface area contributed by atoms with Gasteiger partial charge in [0.1, 0.15) is 0 Å². The molecule has 20 heavy (non-hydrogen) atoms. The van der Waals surface area contributed by atoms with Crippen molar-refractivity contribution in [1.82, 2.24) is 9.55 Å². The Kier molecular flexibility index (Phi) is 3.15. The number of sulfone groups is 1. The summed E-state index contributed by atoms with van der Waals surface area (Å²) in [6.07, 6.45) is 0.675. The van der Waals surface area contributed by atoms with E-state index in [1.807, 2.05) is 10.6 Å². The number of benzene rings is 1. The molecule has 104 valence electrons. The number of aromatic amines is 1. The maximum atomic E-state index is 11.5. The second kappa shape index (κ2) is 4.72. The Morgan fingerprint density at radius 3 is 2.95 bits per heavy atom. The van der Waals surface area contributed by atoms with E-state index in [1.54, 1.807) is 12.1 Å².